The molecule has 0 spiro atoms. The lowest BCUT2D eigenvalue weighted by Crippen LogP contribution is -2.32. The second kappa shape index (κ2) is 7.10. The maximum atomic E-state index is 12.0. The quantitative estimate of drug-likeness (QED) is 0.916. The Morgan fingerprint density at radius 1 is 1.38 bits per heavy atom. The average Bonchev–Trinajstić information content (AvgIpc) is 2.49. The summed E-state index contributed by atoms with van der Waals surface area (Å²) in [5.41, 5.74) is 0.866. The Kier molecular flexibility index (Phi) is 5.19. The molecule has 1 atom stereocenters. The minimum absolute atomic E-state index is 0.0110. The van der Waals surface area contributed by atoms with Gasteiger partial charge in [-0.15, -0.1) is 0 Å². The van der Waals surface area contributed by atoms with E-state index in [2.05, 4.69) is 20.3 Å². The van der Waals surface area contributed by atoms with Crippen molar-refractivity contribution in [1.82, 2.24) is 19.9 Å². The summed E-state index contributed by atoms with van der Waals surface area (Å²) in [4.78, 5) is 26.0. The molecule has 2 aromatic rings. The number of nitrogens with one attached hydrogen (secondary N) is 1. The zero-order valence-electron chi connectivity index (χ0n) is 11.8. The van der Waals surface area contributed by atoms with Crippen LogP contribution in [-0.4, -0.2) is 39.4 Å². The molecule has 1 N–H and O–H groups in total. The molecule has 0 saturated carbocycles. The number of carbonyl (C=O) groups is 1. The minimum atomic E-state index is -0.145. The molecule has 2 rings (SSSR count). The van der Waals surface area contributed by atoms with Crippen molar-refractivity contribution in [3.63, 3.8) is 0 Å². The lowest BCUT2D eigenvalue weighted by Gasteiger charge is -2.23. The van der Waals surface area contributed by atoms with E-state index in [1.54, 1.807) is 18.3 Å². The van der Waals surface area contributed by atoms with E-state index >= 15 is 0 Å². The number of anilines is 1. The first-order chi connectivity index (χ1) is 10.1. The van der Waals surface area contributed by atoms with Crippen molar-refractivity contribution in [2.24, 2.45) is 0 Å². The fourth-order valence-electron chi connectivity index (χ4n) is 1.77. The van der Waals surface area contributed by atoms with E-state index in [0.29, 0.717) is 10.8 Å². The van der Waals surface area contributed by atoms with Gasteiger partial charge < -0.3 is 5.32 Å². The highest BCUT2D eigenvalue weighted by Gasteiger charge is 2.16. The van der Waals surface area contributed by atoms with Gasteiger partial charge in [0.1, 0.15) is 12.1 Å². The fraction of sp³-hybridized carbons (Fsp3) is 0.286. The van der Waals surface area contributed by atoms with E-state index in [9.17, 15) is 4.79 Å². The van der Waals surface area contributed by atoms with Gasteiger partial charge in [0.05, 0.1) is 17.3 Å². The van der Waals surface area contributed by atoms with Crippen LogP contribution in [0.5, 0.6) is 0 Å². The highest BCUT2D eigenvalue weighted by atomic mass is 35.5. The van der Waals surface area contributed by atoms with Gasteiger partial charge in [0, 0.05) is 18.4 Å². The number of nitrogens with zero attached hydrogens (tertiary/aromatic N) is 4. The van der Waals surface area contributed by atoms with Gasteiger partial charge in [-0.2, -0.15) is 0 Å². The molecule has 0 fully saturated rings. The molecule has 0 aromatic carbocycles. The van der Waals surface area contributed by atoms with Gasteiger partial charge in [-0.3, -0.25) is 9.69 Å². The highest BCUT2D eigenvalue weighted by Crippen LogP contribution is 2.15. The largest absolute Gasteiger partial charge is 0.310 e. The molecule has 7 heteroatoms. The molecule has 110 valence electrons. The summed E-state index contributed by atoms with van der Waals surface area (Å²) in [6.07, 6.45) is 4.67. The van der Waals surface area contributed by atoms with Crippen LogP contribution in [0.15, 0.2) is 36.9 Å². The smallest absolute Gasteiger partial charge is 0.239 e. The lowest BCUT2D eigenvalue weighted by molar-refractivity contribution is -0.117. The standard InChI is InChI=1S/C14H16ClN5O/c1-10(12-5-6-16-9-18-12)20(2)8-14(21)19-13-4-3-11(15)7-17-13/h3-7,9-10H,8H2,1-2H3,(H,17,19,21). The number of hydrogen-bond donors (Lipinski definition) is 1. The average molecular weight is 306 g/mol. The van der Waals surface area contributed by atoms with E-state index in [-0.39, 0.29) is 18.5 Å². The van der Waals surface area contributed by atoms with Gasteiger partial charge in [-0.05, 0) is 32.2 Å². The Balaban J connectivity index is 1.91. The molecular formula is C14H16ClN5O. The van der Waals surface area contributed by atoms with E-state index in [1.165, 1.54) is 12.5 Å². The first-order valence-corrected chi connectivity index (χ1v) is 6.81. The van der Waals surface area contributed by atoms with Crippen LogP contribution in [0.2, 0.25) is 5.02 Å². The Morgan fingerprint density at radius 2 is 2.19 bits per heavy atom. The Bertz CT molecular complexity index is 590. The summed E-state index contributed by atoms with van der Waals surface area (Å²) >= 11 is 5.75. The predicted molar refractivity (Wildman–Crippen MR) is 81.0 cm³/mol. The number of hydrogen-bond acceptors (Lipinski definition) is 5. The third kappa shape index (κ3) is 4.47. The van der Waals surface area contributed by atoms with Crippen molar-refractivity contribution in [2.45, 2.75) is 13.0 Å². The summed E-state index contributed by atoms with van der Waals surface area (Å²) in [6, 6.07) is 5.18. The predicted octanol–water partition coefficient (Wildman–Crippen LogP) is 2.16. The Labute approximate surface area is 128 Å². The van der Waals surface area contributed by atoms with Gasteiger partial charge in [0.15, 0.2) is 0 Å². The van der Waals surface area contributed by atoms with Gasteiger partial charge in [-0.25, -0.2) is 15.0 Å². The monoisotopic (exact) mass is 305 g/mol. The van der Waals surface area contributed by atoms with E-state index < -0.39 is 0 Å². The zero-order valence-corrected chi connectivity index (χ0v) is 12.6. The van der Waals surface area contributed by atoms with Crippen LogP contribution in [0.4, 0.5) is 5.82 Å². The SMILES string of the molecule is CC(c1ccncn1)N(C)CC(=O)Nc1ccc(Cl)cn1. The summed E-state index contributed by atoms with van der Waals surface area (Å²) in [5, 5.41) is 3.25. The van der Waals surface area contributed by atoms with Crippen LogP contribution in [-0.2, 0) is 4.79 Å². The molecule has 6 nitrogen and oxygen atoms in total. The van der Waals surface area contributed by atoms with Crippen LogP contribution >= 0.6 is 11.6 Å². The van der Waals surface area contributed by atoms with Crippen LogP contribution < -0.4 is 5.32 Å². The number of halogens is 1. The number of aromatic nitrogens is 3. The Hall–Kier alpha value is -2.05. The van der Waals surface area contributed by atoms with E-state index in [4.69, 9.17) is 11.6 Å². The van der Waals surface area contributed by atoms with Crippen molar-refractivity contribution in [2.75, 3.05) is 18.9 Å². The van der Waals surface area contributed by atoms with Crippen LogP contribution in [0.3, 0.4) is 0 Å². The molecule has 2 aromatic heterocycles. The number of amides is 1. The highest BCUT2D eigenvalue weighted by molar-refractivity contribution is 6.30. The summed E-state index contributed by atoms with van der Waals surface area (Å²) < 4.78 is 0. The van der Waals surface area contributed by atoms with Gasteiger partial charge >= 0.3 is 0 Å². The maximum Gasteiger partial charge on any atom is 0.239 e. The third-order valence-corrected chi connectivity index (χ3v) is 3.31. The lowest BCUT2D eigenvalue weighted by atomic mass is 10.2. The van der Waals surface area contributed by atoms with Crippen molar-refractivity contribution >= 4 is 23.3 Å². The number of pyridine rings is 1. The maximum absolute atomic E-state index is 12.0. The molecule has 0 saturated heterocycles. The molecule has 0 aliphatic heterocycles. The van der Waals surface area contributed by atoms with Crippen molar-refractivity contribution in [3.05, 3.63) is 47.6 Å². The van der Waals surface area contributed by atoms with Crippen LogP contribution in [0, 0.1) is 0 Å². The normalized spacial score (nSPS) is 12.2. The first kappa shape index (κ1) is 15.3. The van der Waals surface area contributed by atoms with Crippen LogP contribution in [0.1, 0.15) is 18.7 Å². The van der Waals surface area contributed by atoms with Gasteiger partial charge in [0.2, 0.25) is 5.91 Å². The molecule has 1 amide bonds. The van der Waals surface area contributed by atoms with E-state index in [0.717, 1.165) is 5.69 Å². The molecule has 0 aliphatic carbocycles. The molecule has 1 unspecified atom stereocenters. The van der Waals surface area contributed by atoms with E-state index in [1.807, 2.05) is 24.9 Å². The second-order valence-electron chi connectivity index (χ2n) is 4.64. The summed E-state index contributed by atoms with van der Waals surface area (Å²) in [7, 11) is 1.86. The number of likely N-dealkylation sites (N-methyl/N-ethyl adjacent to an activating group) is 1. The van der Waals surface area contributed by atoms with Crippen molar-refractivity contribution in [1.29, 1.82) is 0 Å². The third-order valence-electron chi connectivity index (χ3n) is 3.08. The first-order valence-electron chi connectivity index (χ1n) is 6.44. The van der Waals surface area contributed by atoms with Gasteiger partial charge in [-0.1, -0.05) is 11.6 Å². The van der Waals surface area contributed by atoms with Crippen molar-refractivity contribution < 1.29 is 4.79 Å². The molecule has 0 aliphatic rings. The second-order valence-corrected chi connectivity index (χ2v) is 5.07. The van der Waals surface area contributed by atoms with Gasteiger partial charge in [0.25, 0.3) is 0 Å². The minimum Gasteiger partial charge on any atom is -0.310 e. The molecule has 21 heavy (non-hydrogen) atoms. The molecule has 0 radical (unpaired) electrons. The Morgan fingerprint density at radius 3 is 2.81 bits per heavy atom. The number of carbonyl (C=O) groups excluding carboxylic acids is 1. The zero-order chi connectivity index (χ0) is 15.2. The number of rotatable bonds is 5. The van der Waals surface area contributed by atoms with Crippen LogP contribution in [0.25, 0.3) is 0 Å². The fourth-order valence-corrected chi connectivity index (χ4v) is 1.88. The molecule has 2 heterocycles. The summed E-state index contributed by atoms with van der Waals surface area (Å²) in [6.45, 7) is 2.21. The molecule has 0 bridgehead atoms. The molecular weight excluding hydrogens is 290 g/mol. The van der Waals surface area contributed by atoms with Crippen molar-refractivity contribution in [3.8, 4) is 0 Å². The topological polar surface area (TPSA) is 71.0 Å². The summed E-state index contributed by atoms with van der Waals surface area (Å²) in [5.74, 6) is 0.334.